The first-order chi connectivity index (χ1) is 9.33. The Kier molecular flexibility index (Phi) is 3.11. The van der Waals surface area contributed by atoms with E-state index in [4.69, 9.17) is 0 Å². The van der Waals surface area contributed by atoms with Crippen LogP contribution in [0.1, 0.15) is 12.0 Å². The highest BCUT2D eigenvalue weighted by molar-refractivity contribution is 6.08. The lowest BCUT2D eigenvalue weighted by atomic mass is 10.1. The minimum atomic E-state index is 0.0712. The third-order valence-electron chi connectivity index (χ3n) is 3.26. The summed E-state index contributed by atoms with van der Waals surface area (Å²) < 4.78 is 0. The highest BCUT2D eigenvalue weighted by Gasteiger charge is 2.04. The molecule has 92 valence electrons. The van der Waals surface area contributed by atoms with Crippen molar-refractivity contribution in [1.29, 1.82) is 0 Å². The fourth-order valence-corrected chi connectivity index (χ4v) is 2.22. The first kappa shape index (κ1) is 11.7. The van der Waals surface area contributed by atoms with Crippen LogP contribution in [0.4, 0.5) is 0 Å². The second-order valence-corrected chi connectivity index (χ2v) is 4.60. The van der Waals surface area contributed by atoms with E-state index in [2.05, 4.69) is 24.3 Å². The Morgan fingerprint density at radius 2 is 1.89 bits per heavy atom. The Labute approximate surface area is 112 Å². The predicted octanol–water partition coefficient (Wildman–Crippen LogP) is 4.31. The zero-order valence-electron chi connectivity index (χ0n) is 10.5. The fourth-order valence-electron chi connectivity index (χ4n) is 2.22. The molecule has 0 saturated heterocycles. The molecular weight excluding hydrogens is 232 g/mol. The van der Waals surface area contributed by atoms with Gasteiger partial charge in [0.25, 0.3) is 0 Å². The van der Waals surface area contributed by atoms with Crippen LogP contribution >= 0.6 is 0 Å². The van der Waals surface area contributed by atoms with Crippen molar-refractivity contribution in [2.24, 2.45) is 0 Å². The van der Waals surface area contributed by atoms with Crippen molar-refractivity contribution in [2.75, 3.05) is 0 Å². The third-order valence-corrected chi connectivity index (χ3v) is 3.26. The van der Waals surface area contributed by atoms with Gasteiger partial charge in [0.2, 0.25) is 0 Å². The summed E-state index contributed by atoms with van der Waals surface area (Å²) in [6, 6.07) is 14.4. The fraction of sp³-hybridized carbons (Fsp3) is 0.0556. The molecule has 0 aliphatic heterocycles. The van der Waals surface area contributed by atoms with Crippen LogP contribution in [-0.4, -0.2) is 5.78 Å². The quantitative estimate of drug-likeness (QED) is 0.737. The standard InChI is InChI=1S/C18H14O/c19-18(16-6-2-3-7-16)12-10-14-9-11-15-5-1-4-8-17(15)13-14/h1-2,4-13H,3H2/b12-10+. The van der Waals surface area contributed by atoms with Crippen molar-refractivity contribution in [3.05, 3.63) is 77.9 Å². The summed E-state index contributed by atoms with van der Waals surface area (Å²) in [6.07, 6.45) is 10.2. The van der Waals surface area contributed by atoms with Crippen molar-refractivity contribution in [3.8, 4) is 0 Å². The van der Waals surface area contributed by atoms with E-state index < -0.39 is 0 Å². The average molecular weight is 246 g/mol. The van der Waals surface area contributed by atoms with E-state index in [0.717, 1.165) is 17.6 Å². The van der Waals surface area contributed by atoms with Crippen LogP contribution in [0.15, 0.2) is 72.3 Å². The molecule has 0 N–H and O–H groups in total. The van der Waals surface area contributed by atoms with Gasteiger partial charge in [0.15, 0.2) is 5.78 Å². The maximum Gasteiger partial charge on any atom is 0.185 e. The van der Waals surface area contributed by atoms with E-state index in [9.17, 15) is 4.79 Å². The molecule has 1 heteroatoms. The van der Waals surface area contributed by atoms with Gasteiger partial charge in [-0.3, -0.25) is 4.79 Å². The Morgan fingerprint density at radius 1 is 1.05 bits per heavy atom. The van der Waals surface area contributed by atoms with Crippen LogP contribution in [0.3, 0.4) is 0 Å². The molecule has 0 bridgehead atoms. The van der Waals surface area contributed by atoms with E-state index in [1.807, 2.05) is 42.5 Å². The number of ketones is 1. The summed E-state index contributed by atoms with van der Waals surface area (Å²) in [7, 11) is 0. The molecule has 0 unspecified atom stereocenters. The Hall–Kier alpha value is -2.41. The third kappa shape index (κ3) is 2.55. The molecule has 0 aromatic heterocycles. The second-order valence-electron chi connectivity index (χ2n) is 4.60. The van der Waals surface area contributed by atoms with Gasteiger partial charge in [-0.2, -0.15) is 0 Å². The molecule has 1 aliphatic carbocycles. The van der Waals surface area contributed by atoms with Gasteiger partial charge < -0.3 is 0 Å². The van der Waals surface area contributed by atoms with Crippen molar-refractivity contribution >= 4 is 22.6 Å². The monoisotopic (exact) mass is 246 g/mol. The number of carbonyl (C=O) groups is 1. The Morgan fingerprint density at radius 3 is 2.68 bits per heavy atom. The Bertz CT molecular complexity index is 717. The maximum absolute atomic E-state index is 11.9. The lowest BCUT2D eigenvalue weighted by Crippen LogP contribution is -1.93. The first-order valence-corrected chi connectivity index (χ1v) is 6.41. The van der Waals surface area contributed by atoms with Gasteiger partial charge in [-0.05, 0) is 34.9 Å². The topological polar surface area (TPSA) is 17.1 Å². The number of rotatable bonds is 3. The molecule has 0 fully saturated rings. The van der Waals surface area contributed by atoms with Crippen LogP contribution in [0.2, 0.25) is 0 Å². The van der Waals surface area contributed by atoms with Gasteiger partial charge in [-0.1, -0.05) is 60.7 Å². The van der Waals surface area contributed by atoms with Crippen LogP contribution in [0.5, 0.6) is 0 Å². The zero-order valence-corrected chi connectivity index (χ0v) is 10.5. The van der Waals surface area contributed by atoms with Gasteiger partial charge in [-0.25, -0.2) is 0 Å². The van der Waals surface area contributed by atoms with E-state index in [1.54, 1.807) is 6.08 Å². The van der Waals surface area contributed by atoms with Crippen molar-refractivity contribution < 1.29 is 4.79 Å². The lowest BCUT2D eigenvalue weighted by Gasteiger charge is -1.99. The summed E-state index contributed by atoms with van der Waals surface area (Å²) >= 11 is 0. The second kappa shape index (κ2) is 5.07. The van der Waals surface area contributed by atoms with Gasteiger partial charge >= 0.3 is 0 Å². The zero-order chi connectivity index (χ0) is 13.1. The number of benzene rings is 2. The average Bonchev–Trinajstić information content (AvgIpc) is 2.99. The summed E-state index contributed by atoms with van der Waals surface area (Å²) in [5, 5.41) is 2.41. The molecule has 1 aliphatic rings. The largest absolute Gasteiger partial charge is 0.289 e. The maximum atomic E-state index is 11.9. The SMILES string of the molecule is O=C(/C=C/c1ccc2ccccc2c1)C1=CCC=C1. The van der Waals surface area contributed by atoms with E-state index in [-0.39, 0.29) is 5.78 Å². The van der Waals surface area contributed by atoms with Gasteiger partial charge in [0, 0.05) is 5.57 Å². The van der Waals surface area contributed by atoms with E-state index in [1.165, 1.54) is 10.8 Å². The highest BCUT2D eigenvalue weighted by atomic mass is 16.1. The molecular formula is C18H14O. The molecule has 0 saturated carbocycles. The minimum absolute atomic E-state index is 0.0712. The molecule has 0 atom stereocenters. The first-order valence-electron chi connectivity index (χ1n) is 6.41. The minimum Gasteiger partial charge on any atom is -0.289 e. The van der Waals surface area contributed by atoms with Gasteiger partial charge in [-0.15, -0.1) is 0 Å². The van der Waals surface area contributed by atoms with Crippen LogP contribution in [-0.2, 0) is 4.79 Å². The van der Waals surface area contributed by atoms with Gasteiger partial charge in [0.1, 0.15) is 0 Å². The molecule has 0 heterocycles. The highest BCUT2D eigenvalue weighted by Crippen LogP contribution is 2.17. The predicted molar refractivity (Wildman–Crippen MR) is 79.8 cm³/mol. The molecule has 2 aromatic carbocycles. The molecule has 3 rings (SSSR count). The lowest BCUT2D eigenvalue weighted by molar-refractivity contribution is -0.111. The molecule has 19 heavy (non-hydrogen) atoms. The smallest absolute Gasteiger partial charge is 0.185 e. The molecule has 1 nitrogen and oxygen atoms in total. The number of allylic oxidation sites excluding steroid dienone is 5. The summed E-state index contributed by atoms with van der Waals surface area (Å²) in [6.45, 7) is 0. The molecule has 0 amide bonds. The summed E-state index contributed by atoms with van der Waals surface area (Å²) in [5.41, 5.74) is 1.84. The molecule has 0 spiro atoms. The normalized spacial score (nSPS) is 14.2. The van der Waals surface area contributed by atoms with Crippen LogP contribution < -0.4 is 0 Å². The van der Waals surface area contributed by atoms with Crippen LogP contribution in [0, 0.1) is 0 Å². The van der Waals surface area contributed by atoms with Crippen molar-refractivity contribution in [2.45, 2.75) is 6.42 Å². The Balaban J connectivity index is 1.84. The number of fused-ring (bicyclic) bond motifs is 1. The molecule has 2 aromatic rings. The summed E-state index contributed by atoms with van der Waals surface area (Å²) in [4.78, 5) is 11.9. The van der Waals surface area contributed by atoms with Gasteiger partial charge in [0.05, 0.1) is 0 Å². The van der Waals surface area contributed by atoms with Crippen molar-refractivity contribution in [3.63, 3.8) is 0 Å². The van der Waals surface area contributed by atoms with Crippen LogP contribution in [0.25, 0.3) is 16.8 Å². The van der Waals surface area contributed by atoms with E-state index >= 15 is 0 Å². The van der Waals surface area contributed by atoms with Crippen molar-refractivity contribution in [1.82, 2.24) is 0 Å². The molecule has 0 radical (unpaired) electrons. The van der Waals surface area contributed by atoms with E-state index in [0.29, 0.717) is 0 Å². The number of hydrogen-bond donors (Lipinski definition) is 0. The number of hydrogen-bond acceptors (Lipinski definition) is 1. The number of carbonyl (C=O) groups excluding carboxylic acids is 1. The summed E-state index contributed by atoms with van der Waals surface area (Å²) in [5.74, 6) is 0.0712.